The summed E-state index contributed by atoms with van der Waals surface area (Å²) in [5.74, 6) is 0. The lowest BCUT2D eigenvalue weighted by Crippen LogP contribution is -2.21. The number of halogens is 3. The van der Waals surface area contributed by atoms with Crippen molar-refractivity contribution in [2.45, 2.75) is 33.2 Å². The average molecular weight is 236 g/mol. The minimum atomic E-state index is -2.50. The third-order valence-corrected chi connectivity index (χ3v) is 2.34. The van der Waals surface area contributed by atoms with E-state index in [4.69, 9.17) is 5.73 Å². The van der Waals surface area contributed by atoms with Crippen molar-refractivity contribution in [3.8, 4) is 0 Å². The van der Waals surface area contributed by atoms with Crippen molar-refractivity contribution in [1.82, 2.24) is 0 Å². The van der Waals surface area contributed by atoms with Gasteiger partial charge in [-0.2, -0.15) is 0 Å². The van der Waals surface area contributed by atoms with Gasteiger partial charge in [0.1, 0.15) is 0 Å². The van der Waals surface area contributed by atoms with Crippen LogP contribution in [0.3, 0.4) is 0 Å². The molecule has 0 unspecified atom stereocenters. The van der Waals surface area contributed by atoms with E-state index in [9.17, 15) is 8.78 Å². The quantitative estimate of drug-likeness (QED) is 0.836. The molecule has 1 atom stereocenters. The van der Waals surface area contributed by atoms with Gasteiger partial charge in [-0.3, -0.25) is 0 Å². The van der Waals surface area contributed by atoms with Crippen LogP contribution in [0.15, 0.2) is 12.1 Å². The van der Waals surface area contributed by atoms with Crippen molar-refractivity contribution in [2.75, 3.05) is 0 Å². The van der Waals surface area contributed by atoms with Gasteiger partial charge in [-0.1, -0.05) is 17.7 Å². The molecule has 0 aromatic heterocycles. The van der Waals surface area contributed by atoms with Crippen LogP contribution < -0.4 is 5.73 Å². The maximum atomic E-state index is 12.4. The SMILES string of the molecule is Cc1cc(C)c([C@H](N)C(F)F)c(C)c1.Cl. The summed E-state index contributed by atoms with van der Waals surface area (Å²) in [5, 5.41) is 0. The van der Waals surface area contributed by atoms with Crippen LogP contribution in [-0.2, 0) is 0 Å². The molecule has 2 N–H and O–H groups in total. The smallest absolute Gasteiger partial charge is 0.257 e. The van der Waals surface area contributed by atoms with Crippen LogP contribution in [0.2, 0.25) is 0 Å². The molecule has 4 heteroatoms. The van der Waals surface area contributed by atoms with E-state index >= 15 is 0 Å². The molecule has 1 nitrogen and oxygen atoms in total. The Bertz CT molecular complexity index is 316. The molecule has 0 spiro atoms. The highest BCUT2D eigenvalue weighted by molar-refractivity contribution is 5.85. The second-order valence-electron chi connectivity index (χ2n) is 3.67. The van der Waals surface area contributed by atoms with E-state index in [1.54, 1.807) is 0 Å². The van der Waals surface area contributed by atoms with E-state index in [0.717, 1.165) is 16.7 Å². The van der Waals surface area contributed by atoms with Gasteiger partial charge >= 0.3 is 0 Å². The van der Waals surface area contributed by atoms with E-state index < -0.39 is 12.5 Å². The van der Waals surface area contributed by atoms with Gasteiger partial charge in [0.25, 0.3) is 6.43 Å². The van der Waals surface area contributed by atoms with Crippen LogP contribution in [0.5, 0.6) is 0 Å². The van der Waals surface area contributed by atoms with Crippen LogP contribution in [0.25, 0.3) is 0 Å². The maximum absolute atomic E-state index is 12.4. The van der Waals surface area contributed by atoms with Gasteiger partial charge in [-0.25, -0.2) is 8.78 Å². The standard InChI is InChI=1S/C11H15F2N.ClH/c1-6-4-7(2)9(8(3)5-6)10(14)11(12)13;/h4-5,10-11H,14H2,1-3H3;1H/t10-;/m0./s1. The topological polar surface area (TPSA) is 26.0 Å². The molecule has 0 fully saturated rings. The first-order chi connectivity index (χ1) is 6.43. The first-order valence-corrected chi connectivity index (χ1v) is 4.55. The normalized spacial score (nSPS) is 12.5. The van der Waals surface area contributed by atoms with Gasteiger partial charge in [0.2, 0.25) is 0 Å². The zero-order chi connectivity index (χ0) is 10.9. The average Bonchev–Trinajstić information content (AvgIpc) is 2.01. The van der Waals surface area contributed by atoms with Crippen molar-refractivity contribution < 1.29 is 8.78 Å². The number of alkyl halides is 2. The molecule has 0 aliphatic carbocycles. The molecule has 0 bridgehead atoms. The third kappa shape index (κ3) is 3.14. The number of benzene rings is 1. The van der Waals surface area contributed by atoms with E-state index in [1.165, 1.54) is 0 Å². The van der Waals surface area contributed by atoms with Crippen LogP contribution in [-0.4, -0.2) is 6.43 Å². The summed E-state index contributed by atoms with van der Waals surface area (Å²) in [6.07, 6.45) is -2.50. The largest absolute Gasteiger partial charge is 0.319 e. The van der Waals surface area contributed by atoms with E-state index in [0.29, 0.717) is 5.56 Å². The molecule has 15 heavy (non-hydrogen) atoms. The summed E-state index contributed by atoms with van der Waals surface area (Å²) >= 11 is 0. The fourth-order valence-electron chi connectivity index (χ4n) is 1.84. The molecule has 0 radical (unpaired) electrons. The number of aryl methyl sites for hydroxylation is 3. The Morgan fingerprint density at radius 3 is 1.80 bits per heavy atom. The Kier molecular flexibility index (Phi) is 5.18. The molecule has 0 amide bonds. The molecule has 86 valence electrons. The fourth-order valence-corrected chi connectivity index (χ4v) is 1.84. The van der Waals surface area contributed by atoms with Gasteiger partial charge in [0.05, 0.1) is 6.04 Å². The minimum absolute atomic E-state index is 0. The van der Waals surface area contributed by atoms with Crippen molar-refractivity contribution in [2.24, 2.45) is 5.73 Å². The second-order valence-corrected chi connectivity index (χ2v) is 3.67. The van der Waals surface area contributed by atoms with Crippen molar-refractivity contribution in [3.05, 3.63) is 34.4 Å². The zero-order valence-corrected chi connectivity index (χ0v) is 9.87. The highest BCUT2D eigenvalue weighted by atomic mass is 35.5. The van der Waals surface area contributed by atoms with Crippen LogP contribution in [0.1, 0.15) is 28.3 Å². The Labute approximate surface area is 95.1 Å². The van der Waals surface area contributed by atoms with Gasteiger partial charge in [-0.05, 0) is 37.5 Å². The van der Waals surface area contributed by atoms with Crippen LogP contribution in [0, 0.1) is 20.8 Å². The predicted molar refractivity (Wildman–Crippen MR) is 60.8 cm³/mol. The summed E-state index contributed by atoms with van der Waals surface area (Å²) < 4.78 is 24.9. The monoisotopic (exact) mass is 235 g/mol. The van der Waals surface area contributed by atoms with Crippen LogP contribution >= 0.6 is 12.4 Å². The number of rotatable bonds is 2. The predicted octanol–water partition coefficient (Wildman–Crippen LogP) is 3.30. The molecular formula is C11H16ClF2N. The van der Waals surface area contributed by atoms with Gasteiger partial charge < -0.3 is 5.73 Å². The molecule has 0 saturated carbocycles. The van der Waals surface area contributed by atoms with Crippen LogP contribution in [0.4, 0.5) is 8.78 Å². The summed E-state index contributed by atoms with van der Waals surface area (Å²) in [4.78, 5) is 0. The summed E-state index contributed by atoms with van der Waals surface area (Å²) in [7, 11) is 0. The molecular weight excluding hydrogens is 220 g/mol. The first kappa shape index (κ1) is 14.3. The van der Waals surface area contributed by atoms with Gasteiger partial charge in [0, 0.05) is 0 Å². The lowest BCUT2D eigenvalue weighted by molar-refractivity contribution is 0.116. The molecule has 1 rings (SSSR count). The first-order valence-electron chi connectivity index (χ1n) is 4.55. The number of nitrogens with two attached hydrogens (primary N) is 1. The molecule has 1 aromatic rings. The van der Waals surface area contributed by atoms with E-state index in [-0.39, 0.29) is 12.4 Å². The molecule has 0 heterocycles. The summed E-state index contributed by atoms with van der Waals surface area (Å²) in [5.41, 5.74) is 8.77. The highest BCUT2D eigenvalue weighted by Gasteiger charge is 2.21. The fraction of sp³-hybridized carbons (Fsp3) is 0.455. The van der Waals surface area contributed by atoms with Gasteiger partial charge in [0.15, 0.2) is 0 Å². The van der Waals surface area contributed by atoms with E-state index in [1.807, 2.05) is 32.9 Å². The maximum Gasteiger partial charge on any atom is 0.257 e. The molecule has 0 aliphatic heterocycles. The Hall–Kier alpha value is -0.670. The van der Waals surface area contributed by atoms with Gasteiger partial charge in [-0.15, -0.1) is 12.4 Å². The summed E-state index contributed by atoms with van der Waals surface area (Å²) in [6, 6.07) is 2.59. The third-order valence-electron chi connectivity index (χ3n) is 2.34. The Morgan fingerprint density at radius 1 is 1.07 bits per heavy atom. The summed E-state index contributed by atoms with van der Waals surface area (Å²) in [6.45, 7) is 5.58. The highest BCUT2D eigenvalue weighted by Crippen LogP contribution is 2.25. The molecule has 1 aromatic carbocycles. The molecule has 0 aliphatic rings. The molecule has 0 saturated heterocycles. The van der Waals surface area contributed by atoms with Crippen molar-refractivity contribution >= 4 is 12.4 Å². The Morgan fingerprint density at radius 2 is 1.47 bits per heavy atom. The Balaban J connectivity index is 0.00000196. The van der Waals surface area contributed by atoms with Crippen molar-refractivity contribution in [1.29, 1.82) is 0 Å². The number of hydrogen-bond acceptors (Lipinski definition) is 1. The van der Waals surface area contributed by atoms with Crippen molar-refractivity contribution in [3.63, 3.8) is 0 Å². The minimum Gasteiger partial charge on any atom is -0.319 e. The second kappa shape index (κ2) is 5.42. The lowest BCUT2D eigenvalue weighted by Gasteiger charge is -2.17. The van der Waals surface area contributed by atoms with E-state index in [2.05, 4.69) is 0 Å². The zero-order valence-electron chi connectivity index (χ0n) is 9.05. The number of hydrogen-bond donors (Lipinski definition) is 1. The lowest BCUT2D eigenvalue weighted by atomic mass is 9.95.